The summed E-state index contributed by atoms with van der Waals surface area (Å²) in [5, 5.41) is 11.0. The van der Waals surface area contributed by atoms with Gasteiger partial charge in [-0.3, -0.25) is 9.67 Å². The van der Waals surface area contributed by atoms with Crippen molar-refractivity contribution < 1.29 is 0 Å². The van der Waals surface area contributed by atoms with Gasteiger partial charge in [0.05, 0.1) is 6.54 Å². The molecule has 0 radical (unpaired) electrons. The van der Waals surface area contributed by atoms with Crippen LogP contribution in [0, 0.1) is 6.92 Å². The molecule has 5 rings (SSSR count). The highest BCUT2D eigenvalue weighted by Gasteiger charge is 2.26. The van der Waals surface area contributed by atoms with E-state index in [-0.39, 0.29) is 0 Å². The molecule has 6 heteroatoms. The molecule has 126 valence electrons. The second-order valence-corrected chi connectivity index (χ2v) is 6.75. The van der Waals surface area contributed by atoms with Gasteiger partial charge in [0.15, 0.2) is 5.82 Å². The van der Waals surface area contributed by atoms with E-state index in [0.29, 0.717) is 5.92 Å². The summed E-state index contributed by atoms with van der Waals surface area (Å²) in [6, 6.07) is 10.5. The summed E-state index contributed by atoms with van der Waals surface area (Å²) in [5.41, 5.74) is 3.66. The SMILES string of the molecule is Cc1ccccc1N1C=C(Nc2cc(C3CC3)[nH]n2)n2ccnc2C1. The van der Waals surface area contributed by atoms with E-state index in [9.17, 15) is 0 Å². The fourth-order valence-electron chi connectivity index (χ4n) is 3.35. The van der Waals surface area contributed by atoms with Crippen LogP contribution in [0.15, 0.2) is 48.9 Å². The minimum Gasteiger partial charge on any atom is -0.337 e. The predicted molar refractivity (Wildman–Crippen MR) is 98.0 cm³/mol. The Kier molecular flexibility index (Phi) is 3.16. The topological polar surface area (TPSA) is 61.8 Å². The molecule has 2 N–H and O–H groups in total. The smallest absolute Gasteiger partial charge is 0.153 e. The molecular weight excluding hydrogens is 312 g/mol. The van der Waals surface area contributed by atoms with Crippen LogP contribution >= 0.6 is 0 Å². The summed E-state index contributed by atoms with van der Waals surface area (Å²) in [4.78, 5) is 6.74. The quantitative estimate of drug-likeness (QED) is 0.765. The maximum absolute atomic E-state index is 4.51. The van der Waals surface area contributed by atoms with Crippen molar-refractivity contribution in [3.8, 4) is 0 Å². The number of benzene rings is 1. The van der Waals surface area contributed by atoms with E-state index in [1.54, 1.807) is 0 Å². The highest BCUT2D eigenvalue weighted by Crippen LogP contribution is 2.39. The third kappa shape index (κ3) is 2.59. The molecule has 1 fully saturated rings. The first-order valence-electron chi connectivity index (χ1n) is 8.67. The van der Waals surface area contributed by atoms with Gasteiger partial charge in [0.2, 0.25) is 0 Å². The average Bonchev–Trinajstić information content (AvgIpc) is 3.17. The van der Waals surface area contributed by atoms with E-state index < -0.39 is 0 Å². The van der Waals surface area contributed by atoms with Crippen LogP contribution < -0.4 is 10.2 Å². The minimum absolute atomic E-state index is 0.663. The number of aromatic amines is 1. The van der Waals surface area contributed by atoms with Gasteiger partial charge < -0.3 is 10.2 Å². The van der Waals surface area contributed by atoms with E-state index in [1.165, 1.54) is 29.8 Å². The van der Waals surface area contributed by atoms with Crippen LogP contribution in [0.2, 0.25) is 0 Å². The first kappa shape index (κ1) is 14.3. The molecule has 0 atom stereocenters. The van der Waals surface area contributed by atoms with Crippen molar-refractivity contribution in [2.24, 2.45) is 0 Å². The second kappa shape index (κ2) is 5.51. The Labute approximate surface area is 146 Å². The lowest BCUT2D eigenvalue weighted by molar-refractivity contribution is 0.804. The molecule has 6 nitrogen and oxygen atoms in total. The number of anilines is 2. The zero-order valence-electron chi connectivity index (χ0n) is 14.1. The predicted octanol–water partition coefficient (Wildman–Crippen LogP) is 3.68. The number of hydrogen-bond acceptors (Lipinski definition) is 4. The first-order valence-corrected chi connectivity index (χ1v) is 8.67. The van der Waals surface area contributed by atoms with E-state index in [4.69, 9.17) is 0 Å². The third-order valence-electron chi connectivity index (χ3n) is 4.86. The van der Waals surface area contributed by atoms with Crippen molar-refractivity contribution in [1.82, 2.24) is 19.7 Å². The minimum atomic E-state index is 0.663. The fraction of sp³-hybridized carbons (Fsp3) is 0.263. The van der Waals surface area contributed by atoms with Crippen LogP contribution in [0.25, 0.3) is 5.82 Å². The van der Waals surface area contributed by atoms with Crippen molar-refractivity contribution in [2.45, 2.75) is 32.2 Å². The Morgan fingerprint density at radius 1 is 1.24 bits per heavy atom. The zero-order chi connectivity index (χ0) is 16.8. The number of nitrogens with one attached hydrogen (secondary N) is 2. The molecule has 1 aliphatic heterocycles. The number of H-pyrrole nitrogens is 1. The van der Waals surface area contributed by atoms with Crippen LogP contribution in [0.1, 0.15) is 35.8 Å². The summed E-state index contributed by atoms with van der Waals surface area (Å²) in [6.45, 7) is 2.88. The van der Waals surface area contributed by atoms with Gasteiger partial charge in [-0.25, -0.2) is 4.98 Å². The summed E-state index contributed by atoms with van der Waals surface area (Å²) < 4.78 is 2.08. The lowest BCUT2D eigenvalue weighted by Gasteiger charge is -2.29. The molecule has 3 aromatic rings. The van der Waals surface area contributed by atoms with E-state index in [2.05, 4.69) is 73.4 Å². The highest BCUT2D eigenvalue weighted by atomic mass is 15.3. The molecule has 0 spiro atoms. The molecule has 1 aliphatic carbocycles. The number of hydrogen-bond donors (Lipinski definition) is 2. The lowest BCUT2D eigenvalue weighted by atomic mass is 10.2. The van der Waals surface area contributed by atoms with Crippen molar-refractivity contribution in [1.29, 1.82) is 0 Å². The van der Waals surface area contributed by atoms with Crippen LogP contribution in [0.5, 0.6) is 0 Å². The first-order chi connectivity index (χ1) is 12.3. The highest BCUT2D eigenvalue weighted by molar-refractivity contribution is 5.69. The largest absolute Gasteiger partial charge is 0.337 e. The number of nitrogens with zero attached hydrogens (tertiary/aromatic N) is 4. The van der Waals surface area contributed by atoms with Gasteiger partial charge in [0.1, 0.15) is 11.6 Å². The monoisotopic (exact) mass is 332 g/mol. The summed E-state index contributed by atoms with van der Waals surface area (Å²) in [5.74, 6) is 3.47. The summed E-state index contributed by atoms with van der Waals surface area (Å²) in [6.07, 6.45) is 8.47. The summed E-state index contributed by atoms with van der Waals surface area (Å²) in [7, 11) is 0. The van der Waals surface area contributed by atoms with Gasteiger partial charge in [-0.2, -0.15) is 5.10 Å². The van der Waals surface area contributed by atoms with Gasteiger partial charge in [-0.05, 0) is 31.4 Å². The number of rotatable bonds is 4. The molecule has 0 unspecified atom stereocenters. The van der Waals surface area contributed by atoms with Crippen LogP contribution in [0.3, 0.4) is 0 Å². The number of aryl methyl sites for hydroxylation is 1. The molecule has 25 heavy (non-hydrogen) atoms. The molecule has 1 saturated carbocycles. The standard InChI is InChI=1S/C19H20N6/c1-13-4-2-3-5-16(13)24-11-18-20-8-9-25(18)19(12-24)21-17-10-15(22-23-17)14-6-7-14/h2-5,8-10,12,14H,6-7,11H2,1H3,(H2,21,22,23). The van der Waals surface area contributed by atoms with E-state index in [0.717, 1.165) is 24.0 Å². The molecule has 3 heterocycles. The van der Waals surface area contributed by atoms with Gasteiger partial charge in [0, 0.05) is 42.0 Å². The van der Waals surface area contributed by atoms with Crippen molar-refractivity contribution in [3.05, 3.63) is 66.0 Å². The second-order valence-electron chi connectivity index (χ2n) is 6.75. The Morgan fingerprint density at radius 2 is 2.12 bits per heavy atom. The van der Waals surface area contributed by atoms with E-state index >= 15 is 0 Å². The van der Waals surface area contributed by atoms with Gasteiger partial charge in [0.25, 0.3) is 0 Å². The number of fused-ring (bicyclic) bond motifs is 1. The molecule has 0 amide bonds. The third-order valence-corrected chi connectivity index (χ3v) is 4.86. The number of aromatic nitrogens is 4. The fourth-order valence-corrected chi connectivity index (χ4v) is 3.35. The van der Waals surface area contributed by atoms with Crippen molar-refractivity contribution >= 4 is 17.3 Å². The Balaban J connectivity index is 1.49. The molecule has 0 saturated heterocycles. The Bertz CT molecular complexity index is 946. The van der Waals surface area contributed by atoms with Crippen molar-refractivity contribution in [2.75, 3.05) is 10.2 Å². The molecule has 2 aromatic heterocycles. The van der Waals surface area contributed by atoms with Gasteiger partial charge in [-0.15, -0.1) is 0 Å². The average molecular weight is 332 g/mol. The molecular formula is C19H20N6. The molecule has 0 bridgehead atoms. The van der Waals surface area contributed by atoms with Crippen LogP contribution in [-0.2, 0) is 6.54 Å². The maximum atomic E-state index is 4.51. The number of para-hydroxylation sites is 1. The van der Waals surface area contributed by atoms with Gasteiger partial charge >= 0.3 is 0 Å². The Hall–Kier alpha value is -3.02. The molecule has 2 aliphatic rings. The van der Waals surface area contributed by atoms with Crippen LogP contribution in [-0.4, -0.2) is 19.7 Å². The van der Waals surface area contributed by atoms with Crippen molar-refractivity contribution in [3.63, 3.8) is 0 Å². The normalized spacial score (nSPS) is 16.5. The number of imidazole rings is 1. The maximum Gasteiger partial charge on any atom is 0.153 e. The van der Waals surface area contributed by atoms with E-state index in [1.807, 2.05) is 12.4 Å². The molecule has 1 aromatic carbocycles. The Morgan fingerprint density at radius 3 is 2.96 bits per heavy atom. The zero-order valence-corrected chi connectivity index (χ0v) is 14.1. The van der Waals surface area contributed by atoms with Gasteiger partial charge in [-0.1, -0.05) is 18.2 Å². The lowest BCUT2D eigenvalue weighted by Crippen LogP contribution is -2.27. The summed E-state index contributed by atoms with van der Waals surface area (Å²) >= 11 is 0. The van der Waals surface area contributed by atoms with Crippen LogP contribution in [0.4, 0.5) is 11.5 Å².